The summed E-state index contributed by atoms with van der Waals surface area (Å²) in [5.41, 5.74) is 3.48. The molecule has 4 rings (SSSR count). The predicted octanol–water partition coefficient (Wildman–Crippen LogP) is 3.81. The fourth-order valence-corrected chi connectivity index (χ4v) is 3.91. The van der Waals surface area contributed by atoms with Crippen molar-refractivity contribution in [2.24, 2.45) is 5.92 Å². The van der Waals surface area contributed by atoms with Gasteiger partial charge in [-0.15, -0.1) is 0 Å². The first-order chi connectivity index (χ1) is 13.9. The molecule has 2 amide bonds. The van der Waals surface area contributed by atoms with Gasteiger partial charge in [0.05, 0.1) is 17.1 Å². The minimum atomic E-state index is -0.512. The van der Waals surface area contributed by atoms with Gasteiger partial charge in [-0.2, -0.15) is 0 Å². The van der Waals surface area contributed by atoms with E-state index in [0.29, 0.717) is 24.4 Å². The SMILES string of the molecule is CC(C)C[C@@H](C(=O)N[C@H](C)c1nc2ccccc2[nH]1)N1Cc2ccccc2C1=O. The molecule has 0 saturated heterocycles. The second-order valence-electron chi connectivity index (χ2n) is 8.11. The average Bonchev–Trinajstić information content (AvgIpc) is 3.28. The van der Waals surface area contributed by atoms with E-state index in [2.05, 4.69) is 29.1 Å². The maximum absolute atomic E-state index is 13.2. The van der Waals surface area contributed by atoms with Crippen LogP contribution in [0.15, 0.2) is 48.5 Å². The van der Waals surface area contributed by atoms with Gasteiger partial charge in [0.1, 0.15) is 11.9 Å². The van der Waals surface area contributed by atoms with E-state index in [1.807, 2.05) is 55.5 Å². The Bertz CT molecular complexity index is 1020. The van der Waals surface area contributed by atoms with E-state index in [4.69, 9.17) is 0 Å². The van der Waals surface area contributed by atoms with Gasteiger partial charge in [-0.1, -0.05) is 44.2 Å². The second kappa shape index (κ2) is 7.70. The molecule has 0 saturated carbocycles. The number of para-hydroxylation sites is 2. The molecule has 3 aromatic rings. The van der Waals surface area contributed by atoms with Crippen LogP contribution in [0.3, 0.4) is 0 Å². The molecule has 0 aliphatic carbocycles. The summed E-state index contributed by atoms with van der Waals surface area (Å²) in [5.74, 6) is 0.772. The molecule has 0 spiro atoms. The van der Waals surface area contributed by atoms with Crippen LogP contribution in [0.5, 0.6) is 0 Å². The minimum Gasteiger partial charge on any atom is -0.345 e. The van der Waals surface area contributed by atoms with E-state index in [-0.39, 0.29) is 23.8 Å². The Morgan fingerprint density at radius 2 is 1.86 bits per heavy atom. The van der Waals surface area contributed by atoms with Crippen LogP contribution >= 0.6 is 0 Å². The van der Waals surface area contributed by atoms with Gasteiger partial charge in [0.2, 0.25) is 5.91 Å². The fourth-order valence-electron chi connectivity index (χ4n) is 3.91. The topological polar surface area (TPSA) is 78.1 Å². The summed E-state index contributed by atoms with van der Waals surface area (Å²) in [6.45, 7) is 6.51. The van der Waals surface area contributed by atoms with Crippen LogP contribution < -0.4 is 5.32 Å². The molecular weight excluding hydrogens is 364 g/mol. The number of benzene rings is 2. The highest BCUT2D eigenvalue weighted by Crippen LogP contribution is 2.27. The zero-order valence-electron chi connectivity index (χ0n) is 17.0. The number of rotatable bonds is 6. The Hall–Kier alpha value is -3.15. The number of carbonyl (C=O) groups excluding carboxylic acids is 2. The summed E-state index contributed by atoms with van der Waals surface area (Å²) in [7, 11) is 0. The molecule has 6 heteroatoms. The van der Waals surface area contributed by atoms with Crippen LogP contribution in [-0.4, -0.2) is 32.7 Å². The first kappa shape index (κ1) is 19.2. The van der Waals surface area contributed by atoms with Crippen LogP contribution in [-0.2, 0) is 11.3 Å². The van der Waals surface area contributed by atoms with Crippen molar-refractivity contribution >= 4 is 22.8 Å². The van der Waals surface area contributed by atoms with E-state index in [0.717, 1.165) is 16.6 Å². The maximum atomic E-state index is 13.2. The molecule has 0 unspecified atom stereocenters. The third kappa shape index (κ3) is 3.75. The van der Waals surface area contributed by atoms with E-state index >= 15 is 0 Å². The van der Waals surface area contributed by atoms with Crippen molar-refractivity contribution in [1.29, 1.82) is 0 Å². The lowest BCUT2D eigenvalue weighted by atomic mass is 10.0. The largest absolute Gasteiger partial charge is 0.345 e. The number of H-pyrrole nitrogens is 1. The van der Waals surface area contributed by atoms with Gasteiger partial charge >= 0.3 is 0 Å². The number of carbonyl (C=O) groups is 2. The Morgan fingerprint density at radius 3 is 2.59 bits per heavy atom. The number of hydrogen-bond acceptors (Lipinski definition) is 3. The molecule has 1 aliphatic heterocycles. The zero-order valence-corrected chi connectivity index (χ0v) is 17.0. The van der Waals surface area contributed by atoms with Gasteiger partial charge < -0.3 is 15.2 Å². The lowest BCUT2D eigenvalue weighted by Gasteiger charge is -2.29. The Labute approximate surface area is 170 Å². The Kier molecular flexibility index (Phi) is 5.09. The summed E-state index contributed by atoms with van der Waals surface area (Å²) in [5, 5.41) is 3.06. The van der Waals surface area contributed by atoms with Crippen molar-refractivity contribution in [1.82, 2.24) is 20.2 Å². The number of nitrogens with zero attached hydrogens (tertiary/aromatic N) is 2. The molecule has 0 radical (unpaired) electrons. The Balaban J connectivity index is 1.54. The molecule has 6 nitrogen and oxygen atoms in total. The number of amides is 2. The van der Waals surface area contributed by atoms with Crippen molar-refractivity contribution in [3.63, 3.8) is 0 Å². The number of aromatic amines is 1. The predicted molar refractivity (Wildman–Crippen MR) is 112 cm³/mol. The van der Waals surface area contributed by atoms with Crippen molar-refractivity contribution < 1.29 is 9.59 Å². The van der Waals surface area contributed by atoms with Crippen LogP contribution in [0.2, 0.25) is 0 Å². The highest BCUT2D eigenvalue weighted by molar-refractivity contribution is 6.01. The molecular formula is C23H26N4O2. The molecule has 2 aromatic carbocycles. The summed E-state index contributed by atoms with van der Waals surface area (Å²) in [6.07, 6.45) is 0.610. The first-order valence-corrected chi connectivity index (χ1v) is 10.1. The molecule has 2 atom stereocenters. The molecule has 0 fully saturated rings. The lowest BCUT2D eigenvalue weighted by Crippen LogP contribution is -2.48. The van der Waals surface area contributed by atoms with Crippen molar-refractivity contribution in [2.75, 3.05) is 0 Å². The minimum absolute atomic E-state index is 0.0715. The van der Waals surface area contributed by atoms with Gasteiger partial charge in [0, 0.05) is 12.1 Å². The van der Waals surface area contributed by atoms with Crippen LogP contribution in [0.25, 0.3) is 11.0 Å². The van der Waals surface area contributed by atoms with E-state index in [9.17, 15) is 9.59 Å². The number of hydrogen-bond donors (Lipinski definition) is 2. The van der Waals surface area contributed by atoms with Gasteiger partial charge in [0.15, 0.2) is 0 Å². The van der Waals surface area contributed by atoms with Crippen LogP contribution in [0, 0.1) is 5.92 Å². The third-order valence-electron chi connectivity index (χ3n) is 5.40. The Morgan fingerprint density at radius 1 is 1.14 bits per heavy atom. The van der Waals surface area contributed by atoms with Crippen LogP contribution in [0.1, 0.15) is 55.0 Å². The quantitative estimate of drug-likeness (QED) is 0.672. The number of imidazole rings is 1. The molecule has 150 valence electrons. The molecule has 29 heavy (non-hydrogen) atoms. The highest BCUT2D eigenvalue weighted by Gasteiger charge is 2.37. The summed E-state index contributed by atoms with van der Waals surface area (Å²) < 4.78 is 0. The van der Waals surface area contributed by atoms with Crippen LogP contribution in [0.4, 0.5) is 0 Å². The number of aromatic nitrogens is 2. The zero-order chi connectivity index (χ0) is 20.5. The first-order valence-electron chi connectivity index (χ1n) is 10.1. The van der Waals surface area contributed by atoms with E-state index in [1.165, 1.54) is 0 Å². The van der Waals surface area contributed by atoms with Gasteiger partial charge in [-0.3, -0.25) is 9.59 Å². The maximum Gasteiger partial charge on any atom is 0.255 e. The standard InChI is InChI=1S/C23H26N4O2/c1-14(2)12-20(27-13-16-8-4-5-9-17(16)23(27)29)22(28)24-15(3)21-25-18-10-6-7-11-19(18)26-21/h4-11,14-15,20H,12-13H2,1-3H3,(H,24,28)(H,25,26)/t15-,20+/m1/s1. The highest BCUT2D eigenvalue weighted by atomic mass is 16.2. The van der Waals surface area contributed by atoms with Crippen molar-refractivity contribution in [3.05, 3.63) is 65.5 Å². The molecule has 1 aliphatic rings. The fraction of sp³-hybridized carbons (Fsp3) is 0.348. The summed E-state index contributed by atoms with van der Waals surface area (Å²) >= 11 is 0. The number of fused-ring (bicyclic) bond motifs is 2. The van der Waals surface area contributed by atoms with E-state index < -0.39 is 6.04 Å². The van der Waals surface area contributed by atoms with Crippen molar-refractivity contribution in [2.45, 2.75) is 45.8 Å². The lowest BCUT2D eigenvalue weighted by molar-refractivity contribution is -0.127. The summed E-state index contributed by atoms with van der Waals surface area (Å²) in [4.78, 5) is 35.7. The smallest absolute Gasteiger partial charge is 0.255 e. The normalized spacial score (nSPS) is 15.6. The van der Waals surface area contributed by atoms with Crippen molar-refractivity contribution in [3.8, 4) is 0 Å². The third-order valence-corrected chi connectivity index (χ3v) is 5.40. The molecule has 0 bridgehead atoms. The average molecular weight is 390 g/mol. The molecule has 2 N–H and O–H groups in total. The second-order valence-corrected chi connectivity index (χ2v) is 8.11. The van der Waals surface area contributed by atoms with E-state index in [1.54, 1.807) is 4.90 Å². The van der Waals surface area contributed by atoms with Gasteiger partial charge in [-0.25, -0.2) is 4.98 Å². The summed E-state index contributed by atoms with van der Waals surface area (Å²) in [6, 6.07) is 14.6. The number of nitrogens with one attached hydrogen (secondary N) is 2. The molecule has 1 aromatic heterocycles. The van der Waals surface area contributed by atoms with Gasteiger partial charge in [-0.05, 0) is 43.0 Å². The molecule has 2 heterocycles. The monoisotopic (exact) mass is 390 g/mol. The van der Waals surface area contributed by atoms with Gasteiger partial charge in [0.25, 0.3) is 5.91 Å².